The summed E-state index contributed by atoms with van der Waals surface area (Å²) in [6.45, 7) is 0. The summed E-state index contributed by atoms with van der Waals surface area (Å²) in [5, 5.41) is 0. The highest BCUT2D eigenvalue weighted by Crippen LogP contribution is 2.04. The van der Waals surface area contributed by atoms with Crippen LogP contribution in [0.4, 0.5) is 0 Å². The molecule has 8 heteroatoms. The number of hydrogen-bond acceptors (Lipinski definition) is 8. The third-order valence-corrected chi connectivity index (χ3v) is 1.01. The Balaban J connectivity index is 5.07. The van der Waals surface area contributed by atoms with Crippen molar-refractivity contribution >= 4 is 24.3 Å². The van der Waals surface area contributed by atoms with Gasteiger partial charge in [0.15, 0.2) is 0 Å². The standard InChI is InChI=1S/C6H2N4O4/c11-1-7-5(8-2-12)6(9-3-13)10-4-14/h5-6H. The summed E-state index contributed by atoms with van der Waals surface area (Å²) in [5.74, 6) is 0. The Morgan fingerprint density at radius 1 is 0.571 bits per heavy atom. The van der Waals surface area contributed by atoms with Crippen molar-refractivity contribution in [2.24, 2.45) is 20.0 Å². The zero-order valence-corrected chi connectivity index (χ0v) is 6.58. The molecule has 0 saturated heterocycles. The van der Waals surface area contributed by atoms with Crippen molar-refractivity contribution in [1.29, 1.82) is 0 Å². The summed E-state index contributed by atoms with van der Waals surface area (Å²) in [4.78, 5) is 51.3. The maximum absolute atomic E-state index is 9.84. The van der Waals surface area contributed by atoms with E-state index in [1.807, 2.05) is 0 Å². The molecule has 8 nitrogen and oxygen atoms in total. The molecule has 0 heterocycles. The van der Waals surface area contributed by atoms with Gasteiger partial charge in [-0.25, -0.2) is 19.2 Å². The lowest BCUT2D eigenvalue weighted by Gasteiger charge is -2.03. The molecule has 14 heavy (non-hydrogen) atoms. The highest BCUT2D eigenvalue weighted by atomic mass is 16.1. The van der Waals surface area contributed by atoms with E-state index in [9.17, 15) is 19.2 Å². The van der Waals surface area contributed by atoms with E-state index in [4.69, 9.17) is 0 Å². The average Bonchev–Trinajstić information content (AvgIpc) is 2.17. The summed E-state index contributed by atoms with van der Waals surface area (Å²) in [7, 11) is 0. The number of carbonyl (C=O) groups excluding carboxylic acids is 4. The van der Waals surface area contributed by atoms with Crippen molar-refractivity contribution in [3.8, 4) is 0 Å². The molecule has 0 saturated carbocycles. The Labute approximate surface area is 76.8 Å². The second kappa shape index (κ2) is 7.18. The lowest BCUT2D eigenvalue weighted by atomic mass is 10.4. The molecular weight excluding hydrogens is 192 g/mol. The molecule has 0 unspecified atom stereocenters. The monoisotopic (exact) mass is 194 g/mol. The first kappa shape index (κ1) is 11.5. The average molecular weight is 194 g/mol. The van der Waals surface area contributed by atoms with Gasteiger partial charge in [0, 0.05) is 0 Å². The first-order valence-corrected chi connectivity index (χ1v) is 3.08. The van der Waals surface area contributed by atoms with Crippen LogP contribution < -0.4 is 0 Å². The van der Waals surface area contributed by atoms with E-state index in [0.717, 1.165) is 24.3 Å². The van der Waals surface area contributed by atoms with Crippen LogP contribution in [0.2, 0.25) is 0 Å². The van der Waals surface area contributed by atoms with Gasteiger partial charge in [-0.1, -0.05) is 0 Å². The molecule has 0 bridgehead atoms. The van der Waals surface area contributed by atoms with Crippen LogP contribution in [0.15, 0.2) is 20.0 Å². The van der Waals surface area contributed by atoms with Crippen LogP contribution in [0.5, 0.6) is 0 Å². The van der Waals surface area contributed by atoms with E-state index in [-0.39, 0.29) is 0 Å². The van der Waals surface area contributed by atoms with Crippen LogP contribution in [0, 0.1) is 0 Å². The van der Waals surface area contributed by atoms with Crippen LogP contribution >= 0.6 is 0 Å². The molecule has 0 N–H and O–H groups in total. The summed E-state index contributed by atoms with van der Waals surface area (Å²) in [5.41, 5.74) is 0. The minimum absolute atomic E-state index is 1.07. The van der Waals surface area contributed by atoms with Gasteiger partial charge in [0.2, 0.25) is 36.7 Å². The second-order valence-corrected chi connectivity index (χ2v) is 1.71. The maximum Gasteiger partial charge on any atom is 0.237 e. The van der Waals surface area contributed by atoms with Gasteiger partial charge >= 0.3 is 0 Å². The molecule has 0 aromatic rings. The van der Waals surface area contributed by atoms with Crippen molar-refractivity contribution in [1.82, 2.24) is 0 Å². The molecule has 0 aromatic carbocycles. The third-order valence-electron chi connectivity index (χ3n) is 1.01. The predicted octanol–water partition coefficient (Wildman–Crippen LogP) is -1.02. The van der Waals surface area contributed by atoms with Crippen molar-refractivity contribution < 1.29 is 19.2 Å². The van der Waals surface area contributed by atoms with Crippen LogP contribution in [0.25, 0.3) is 0 Å². The number of isocyanates is 4. The Bertz CT molecular complexity index is 307. The van der Waals surface area contributed by atoms with Crippen LogP contribution in [0.1, 0.15) is 0 Å². The van der Waals surface area contributed by atoms with Gasteiger partial charge in [0.1, 0.15) is 0 Å². The zero-order valence-electron chi connectivity index (χ0n) is 6.58. The van der Waals surface area contributed by atoms with Crippen LogP contribution in [0.3, 0.4) is 0 Å². The van der Waals surface area contributed by atoms with Crippen molar-refractivity contribution in [3.05, 3.63) is 0 Å². The van der Waals surface area contributed by atoms with Gasteiger partial charge in [-0.15, -0.1) is 0 Å². The van der Waals surface area contributed by atoms with E-state index in [1.165, 1.54) is 0 Å². The summed E-state index contributed by atoms with van der Waals surface area (Å²) in [6, 6.07) is 0. The fraction of sp³-hybridized carbons (Fsp3) is 0.333. The topological polar surface area (TPSA) is 118 Å². The van der Waals surface area contributed by atoms with Gasteiger partial charge < -0.3 is 0 Å². The SMILES string of the molecule is O=C=NC(N=C=O)C(N=C=O)N=C=O. The molecule has 70 valence electrons. The van der Waals surface area contributed by atoms with E-state index in [0.29, 0.717) is 0 Å². The minimum Gasteiger partial charge on any atom is -0.211 e. The molecule has 0 aromatic heterocycles. The first-order chi connectivity index (χ1) is 6.79. The maximum atomic E-state index is 9.84. The van der Waals surface area contributed by atoms with Gasteiger partial charge in [-0.2, -0.15) is 20.0 Å². The lowest BCUT2D eigenvalue weighted by molar-refractivity contribution is 0.506. The fourth-order valence-corrected chi connectivity index (χ4v) is 0.540. The number of aliphatic imine (C=N–C) groups is 4. The summed E-state index contributed by atoms with van der Waals surface area (Å²) < 4.78 is 0. The van der Waals surface area contributed by atoms with E-state index < -0.39 is 12.3 Å². The minimum atomic E-state index is -1.44. The molecule has 0 amide bonds. The third kappa shape index (κ3) is 3.78. The Morgan fingerprint density at radius 2 is 0.786 bits per heavy atom. The van der Waals surface area contributed by atoms with Crippen molar-refractivity contribution in [3.63, 3.8) is 0 Å². The number of nitrogens with zero attached hydrogens (tertiary/aromatic N) is 4. The quantitative estimate of drug-likeness (QED) is 0.411. The molecule has 0 aliphatic rings. The fourth-order valence-electron chi connectivity index (χ4n) is 0.540. The summed E-state index contributed by atoms with van der Waals surface area (Å²) in [6.07, 6.45) is 1.42. The van der Waals surface area contributed by atoms with E-state index in [1.54, 1.807) is 0 Å². The van der Waals surface area contributed by atoms with E-state index >= 15 is 0 Å². The van der Waals surface area contributed by atoms with Gasteiger partial charge in [-0.3, -0.25) is 0 Å². The number of hydrogen-bond donors (Lipinski definition) is 0. The normalized spacial score (nSPS) is 11.7. The van der Waals surface area contributed by atoms with Crippen LogP contribution in [-0.2, 0) is 19.2 Å². The highest BCUT2D eigenvalue weighted by Gasteiger charge is 2.18. The van der Waals surface area contributed by atoms with Crippen LogP contribution in [-0.4, -0.2) is 36.7 Å². The Morgan fingerprint density at radius 3 is 0.929 bits per heavy atom. The van der Waals surface area contributed by atoms with Gasteiger partial charge in [0.25, 0.3) is 0 Å². The summed E-state index contributed by atoms with van der Waals surface area (Å²) >= 11 is 0. The predicted molar refractivity (Wildman–Crippen MR) is 40.1 cm³/mol. The molecule has 0 atom stereocenters. The second-order valence-electron chi connectivity index (χ2n) is 1.71. The van der Waals surface area contributed by atoms with Gasteiger partial charge in [-0.05, 0) is 0 Å². The Kier molecular flexibility index (Phi) is 5.91. The molecular formula is C6H2N4O4. The highest BCUT2D eigenvalue weighted by molar-refractivity contribution is 5.40. The molecule has 0 spiro atoms. The molecule has 0 aliphatic heterocycles. The Hall–Kier alpha value is -2.48. The molecule has 0 radical (unpaired) electrons. The molecule has 0 fully saturated rings. The van der Waals surface area contributed by atoms with Crippen molar-refractivity contribution in [2.75, 3.05) is 0 Å². The largest absolute Gasteiger partial charge is 0.237 e. The zero-order chi connectivity index (χ0) is 10.8. The number of rotatable bonds is 5. The lowest BCUT2D eigenvalue weighted by Crippen LogP contribution is -2.18. The van der Waals surface area contributed by atoms with Gasteiger partial charge in [0.05, 0.1) is 0 Å². The molecule has 0 aliphatic carbocycles. The first-order valence-electron chi connectivity index (χ1n) is 3.08. The molecule has 0 rings (SSSR count). The van der Waals surface area contributed by atoms with Crippen molar-refractivity contribution in [2.45, 2.75) is 12.3 Å². The van der Waals surface area contributed by atoms with E-state index in [2.05, 4.69) is 20.0 Å². The smallest absolute Gasteiger partial charge is 0.211 e.